The summed E-state index contributed by atoms with van der Waals surface area (Å²) in [5.74, 6) is -0.246. The number of aromatic amines is 1. The molecule has 1 aromatic heterocycles. The summed E-state index contributed by atoms with van der Waals surface area (Å²) in [6.07, 6.45) is 2.41. The molecule has 0 fully saturated rings. The number of nitriles is 1. The number of nitrogens with zero attached hydrogens (tertiary/aromatic N) is 2. The van der Waals surface area contributed by atoms with Crippen molar-refractivity contribution in [2.75, 3.05) is 5.75 Å². The van der Waals surface area contributed by atoms with Gasteiger partial charge in [-0.15, -0.1) is 0 Å². The maximum Gasteiger partial charge on any atom is 0.328 e. The second-order valence-electron chi connectivity index (χ2n) is 3.55. The van der Waals surface area contributed by atoms with Gasteiger partial charge in [0, 0.05) is 11.6 Å². The van der Waals surface area contributed by atoms with Crippen LogP contribution in [-0.2, 0) is 9.84 Å². The Morgan fingerprint density at radius 3 is 2.71 bits per heavy atom. The number of rotatable bonds is 1. The first-order valence-electron chi connectivity index (χ1n) is 4.59. The van der Waals surface area contributed by atoms with E-state index in [1.165, 1.54) is 6.08 Å². The van der Waals surface area contributed by atoms with E-state index in [2.05, 4.69) is 0 Å². The van der Waals surface area contributed by atoms with Crippen LogP contribution in [0.5, 0.6) is 0 Å². The Kier molecular flexibility index (Phi) is 2.48. The molecule has 0 aromatic carbocycles. The Morgan fingerprint density at radius 1 is 1.47 bits per heavy atom. The van der Waals surface area contributed by atoms with E-state index in [4.69, 9.17) is 5.26 Å². The van der Waals surface area contributed by atoms with Gasteiger partial charge in [0.15, 0.2) is 9.84 Å². The highest BCUT2D eigenvalue weighted by Crippen LogP contribution is 2.18. The molecule has 1 aliphatic heterocycles. The Bertz CT molecular complexity index is 748. The Morgan fingerprint density at radius 2 is 2.18 bits per heavy atom. The van der Waals surface area contributed by atoms with Gasteiger partial charge in [0.05, 0.1) is 11.8 Å². The van der Waals surface area contributed by atoms with E-state index >= 15 is 0 Å². The Balaban J connectivity index is 2.56. The lowest BCUT2D eigenvalue weighted by molar-refractivity contribution is 0.581. The molecular formula is C9H7N3O4S. The number of hydrogen-bond donors (Lipinski definition) is 1. The predicted octanol–water partition coefficient (Wildman–Crippen LogP) is -1.11. The van der Waals surface area contributed by atoms with E-state index in [0.29, 0.717) is 0 Å². The predicted molar refractivity (Wildman–Crippen MR) is 58.0 cm³/mol. The minimum Gasteiger partial charge on any atom is -0.291 e. The summed E-state index contributed by atoms with van der Waals surface area (Å²) >= 11 is 0. The number of aromatic nitrogens is 2. The van der Waals surface area contributed by atoms with E-state index in [1.54, 1.807) is 6.07 Å². The Labute approximate surface area is 95.6 Å². The fourth-order valence-corrected chi connectivity index (χ4v) is 2.82. The third-order valence-electron chi connectivity index (χ3n) is 2.36. The molecule has 0 spiro atoms. The molecule has 0 saturated carbocycles. The molecule has 0 aliphatic carbocycles. The van der Waals surface area contributed by atoms with E-state index in [9.17, 15) is 18.0 Å². The lowest BCUT2D eigenvalue weighted by Gasteiger charge is -2.09. The molecule has 0 bridgehead atoms. The standard InChI is InChI=1S/C9H7N3O4S/c10-3-6-4-12(9(14)11-8(6)13)7-1-2-17(15,16)5-7/h1-2,4,7H,5H2,(H,11,13,14). The van der Waals surface area contributed by atoms with Crippen LogP contribution < -0.4 is 11.2 Å². The van der Waals surface area contributed by atoms with E-state index in [-0.39, 0.29) is 11.3 Å². The molecule has 1 N–H and O–H groups in total. The maximum atomic E-state index is 11.5. The number of sulfone groups is 1. The average Bonchev–Trinajstić information content (AvgIpc) is 2.59. The van der Waals surface area contributed by atoms with Gasteiger partial charge < -0.3 is 0 Å². The number of H-pyrrole nitrogens is 1. The molecular weight excluding hydrogens is 246 g/mol. The van der Waals surface area contributed by atoms with Crippen LogP contribution in [0.3, 0.4) is 0 Å². The maximum absolute atomic E-state index is 11.5. The summed E-state index contributed by atoms with van der Waals surface area (Å²) in [7, 11) is -3.31. The van der Waals surface area contributed by atoms with Crippen molar-refractivity contribution in [2.45, 2.75) is 6.04 Å². The normalized spacial score (nSPS) is 21.2. The monoisotopic (exact) mass is 253 g/mol. The zero-order valence-electron chi connectivity index (χ0n) is 8.45. The molecule has 88 valence electrons. The van der Waals surface area contributed by atoms with Gasteiger partial charge in [-0.2, -0.15) is 5.26 Å². The summed E-state index contributed by atoms with van der Waals surface area (Å²) in [5.41, 5.74) is -1.75. The third-order valence-corrected chi connectivity index (χ3v) is 3.73. The average molecular weight is 253 g/mol. The van der Waals surface area contributed by atoms with Crippen molar-refractivity contribution in [3.8, 4) is 6.07 Å². The van der Waals surface area contributed by atoms with Gasteiger partial charge in [-0.05, 0) is 6.08 Å². The molecule has 17 heavy (non-hydrogen) atoms. The minimum absolute atomic E-state index is 0.234. The van der Waals surface area contributed by atoms with Crippen LogP contribution in [0.15, 0.2) is 27.3 Å². The van der Waals surface area contributed by atoms with E-state index in [1.807, 2.05) is 4.98 Å². The molecule has 1 aliphatic rings. The van der Waals surface area contributed by atoms with Crippen LogP contribution in [0.1, 0.15) is 11.6 Å². The van der Waals surface area contributed by atoms with Crippen LogP contribution >= 0.6 is 0 Å². The van der Waals surface area contributed by atoms with Crippen LogP contribution in [0.25, 0.3) is 0 Å². The highest BCUT2D eigenvalue weighted by atomic mass is 32.2. The van der Waals surface area contributed by atoms with Crippen molar-refractivity contribution in [2.24, 2.45) is 0 Å². The lowest BCUT2D eigenvalue weighted by Crippen LogP contribution is -2.33. The van der Waals surface area contributed by atoms with E-state index < -0.39 is 27.1 Å². The number of hydrogen-bond acceptors (Lipinski definition) is 5. The van der Waals surface area contributed by atoms with Crippen LogP contribution in [0.4, 0.5) is 0 Å². The van der Waals surface area contributed by atoms with Gasteiger partial charge in [0.2, 0.25) is 0 Å². The molecule has 2 rings (SSSR count). The van der Waals surface area contributed by atoms with Crippen molar-refractivity contribution >= 4 is 9.84 Å². The van der Waals surface area contributed by atoms with Gasteiger partial charge >= 0.3 is 5.69 Å². The largest absolute Gasteiger partial charge is 0.328 e. The summed E-state index contributed by atoms with van der Waals surface area (Å²) in [6, 6.07) is 0.946. The molecule has 2 heterocycles. The summed E-state index contributed by atoms with van der Waals surface area (Å²) < 4.78 is 23.4. The molecule has 1 unspecified atom stereocenters. The molecule has 0 amide bonds. The topological polar surface area (TPSA) is 113 Å². The molecule has 0 radical (unpaired) electrons. The molecule has 1 aromatic rings. The fourth-order valence-electron chi connectivity index (χ4n) is 1.54. The smallest absolute Gasteiger partial charge is 0.291 e. The van der Waals surface area contributed by atoms with Gasteiger partial charge in [0.1, 0.15) is 11.6 Å². The number of nitrogens with one attached hydrogen (secondary N) is 1. The second-order valence-corrected chi connectivity index (χ2v) is 5.48. The number of allylic oxidation sites excluding steroid dienone is 1. The molecule has 8 heteroatoms. The highest BCUT2D eigenvalue weighted by Gasteiger charge is 2.24. The minimum atomic E-state index is -3.31. The van der Waals surface area contributed by atoms with Crippen molar-refractivity contribution in [1.29, 1.82) is 5.26 Å². The zero-order chi connectivity index (χ0) is 12.6. The first-order valence-corrected chi connectivity index (χ1v) is 6.31. The lowest BCUT2D eigenvalue weighted by atomic mass is 10.3. The first kappa shape index (κ1) is 11.3. The fraction of sp³-hybridized carbons (Fsp3) is 0.222. The van der Waals surface area contributed by atoms with Crippen molar-refractivity contribution < 1.29 is 8.42 Å². The van der Waals surface area contributed by atoms with Gasteiger partial charge in [-0.25, -0.2) is 13.2 Å². The first-order chi connectivity index (χ1) is 7.93. The van der Waals surface area contributed by atoms with Gasteiger partial charge in [-0.3, -0.25) is 14.3 Å². The van der Waals surface area contributed by atoms with Crippen LogP contribution in [0, 0.1) is 11.3 Å². The van der Waals surface area contributed by atoms with Crippen LogP contribution in [-0.4, -0.2) is 23.7 Å². The van der Waals surface area contributed by atoms with Crippen molar-refractivity contribution in [1.82, 2.24) is 9.55 Å². The second kappa shape index (κ2) is 3.71. The molecule has 1 atom stereocenters. The highest BCUT2D eigenvalue weighted by molar-refractivity contribution is 7.94. The summed E-state index contributed by atoms with van der Waals surface area (Å²) in [5, 5.41) is 9.67. The van der Waals surface area contributed by atoms with E-state index in [0.717, 1.165) is 16.2 Å². The summed E-state index contributed by atoms with van der Waals surface area (Å²) in [6.45, 7) is 0. The zero-order valence-corrected chi connectivity index (χ0v) is 9.27. The van der Waals surface area contributed by atoms with Crippen molar-refractivity contribution in [3.05, 3.63) is 44.1 Å². The van der Waals surface area contributed by atoms with Crippen LogP contribution in [0.2, 0.25) is 0 Å². The quantitative estimate of drug-likeness (QED) is 0.682. The molecule has 0 saturated heterocycles. The summed E-state index contributed by atoms with van der Waals surface area (Å²) in [4.78, 5) is 24.6. The SMILES string of the molecule is N#Cc1cn(C2C=CS(=O)(=O)C2)c(=O)[nH]c1=O. The molecule has 7 nitrogen and oxygen atoms in total. The Hall–Kier alpha value is -2.14. The van der Waals surface area contributed by atoms with Crippen molar-refractivity contribution in [3.63, 3.8) is 0 Å². The third kappa shape index (κ3) is 2.05. The van der Waals surface area contributed by atoms with Gasteiger partial charge in [-0.1, -0.05) is 0 Å². The van der Waals surface area contributed by atoms with Gasteiger partial charge in [0.25, 0.3) is 5.56 Å².